The van der Waals surface area contributed by atoms with Gasteiger partial charge >= 0.3 is 0 Å². The molecule has 3 N–H and O–H groups in total. The first kappa shape index (κ1) is 13.6. The van der Waals surface area contributed by atoms with E-state index in [4.69, 9.17) is 10.5 Å². The minimum atomic E-state index is 0.271. The van der Waals surface area contributed by atoms with Gasteiger partial charge in [-0.05, 0) is 32.0 Å². The zero-order valence-electron chi connectivity index (χ0n) is 11.9. The van der Waals surface area contributed by atoms with Crippen LogP contribution in [0.5, 0.6) is 5.75 Å². The van der Waals surface area contributed by atoms with Gasteiger partial charge in [0.25, 0.3) is 0 Å². The van der Waals surface area contributed by atoms with E-state index in [9.17, 15) is 0 Å². The van der Waals surface area contributed by atoms with E-state index in [1.54, 1.807) is 11.3 Å². The SMILES string of the molecule is CCOc1cccc(Nc2nc(N)nc3sc(C)cc23)c1. The number of ether oxygens (including phenoxy) is 1. The number of hydrogen-bond donors (Lipinski definition) is 2. The summed E-state index contributed by atoms with van der Waals surface area (Å²) in [4.78, 5) is 10.6. The van der Waals surface area contributed by atoms with Gasteiger partial charge in [0.15, 0.2) is 0 Å². The molecule has 0 spiro atoms. The van der Waals surface area contributed by atoms with Gasteiger partial charge in [0.05, 0.1) is 12.0 Å². The molecule has 108 valence electrons. The van der Waals surface area contributed by atoms with Gasteiger partial charge in [0.1, 0.15) is 16.4 Å². The number of thiophene rings is 1. The number of benzene rings is 1. The molecule has 3 rings (SSSR count). The summed E-state index contributed by atoms with van der Waals surface area (Å²) in [6.45, 7) is 4.64. The Hall–Kier alpha value is -2.34. The van der Waals surface area contributed by atoms with Crippen molar-refractivity contribution < 1.29 is 4.74 Å². The highest BCUT2D eigenvalue weighted by Gasteiger charge is 2.09. The number of aryl methyl sites for hydroxylation is 1. The minimum absolute atomic E-state index is 0.271. The second-order valence-corrected chi connectivity index (χ2v) is 5.83. The Balaban J connectivity index is 1.99. The van der Waals surface area contributed by atoms with Crippen molar-refractivity contribution in [3.05, 3.63) is 35.2 Å². The summed E-state index contributed by atoms with van der Waals surface area (Å²) in [7, 11) is 0. The predicted octanol–water partition coefficient (Wildman–Crippen LogP) is 3.72. The molecule has 0 amide bonds. The third-order valence-corrected chi connectivity index (χ3v) is 3.89. The Labute approximate surface area is 126 Å². The van der Waals surface area contributed by atoms with Crippen molar-refractivity contribution in [1.82, 2.24) is 9.97 Å². The molecule has 0 unspecified atom stereocenters. The van der Waals surface area contributed by atoms with E-state index in [0.29, 0.717) is 6.61 Å². The number of hydrogen-bond acceptors (Lipinski definition) is 6. The highest BCUT2D eigenvalue weighted by Crippen LogP contribution is 2.31. The first-order valence-electron chi connectivity index (χ1n) is 6.69. The Morgan fingerprint density at radius 2 is 2.14 bits per heavy atom. The maximum Gasteiger partial charge on any atom is 0.223 e. The van der Waals surface area contributed by atoms with Gasteiger partial charge in [-0.3, -0.25) is 0 Å². The minimum Gasteiger partial charge on any atom is -0.494 e. The Kier molecular flexibility index (Phi) is 3.62. The Bertz CT molecular complexity index is 784. The van der Waals surface area contributed by atoms with Crippen molar-refractivity contribution in [1.29, 1.82) is 0 Å². The molecule has 1 aromatic carbocycles. The first-order chi connectivity index (χ1) is 10.2. The van der Waals surface area contributed by atoms with Gasteiger partial charge in [-0.2, -0.15) is 4.98 Å². The molecule has 0 aliphatic rings. The van der Waals surface area contributed by atoms with Crippen molar-refractivity contribution in [3.63, 3.8) is 0 Å². The van der Waals surface area contributed by atoms with Crippen LogP contribution >= 0.6 is 11.3 Å². The van der Waals surface area contributed by atoms with E-state index in [1.165, 1.54) is 4.88 Å². The maximum absolute atomic E-state index is 5.78. The summed E-state index contributed by atoms with van der Waals surface area (Å²) in [5, 5.41) is 4.28. The lowest BCUT2D eigenvalue weighted by molar-refractivity contribution is 0.340. The summed E-state index contributed by atoms with van der Waals surface area (Å²) >= 11 is 1.61. The fraction of sp³-hybridized carbons (Fsp3) is 0.200. The third-order valence-electron chi connectivity index (χ3n) is 2.94. The van der Waals surface area contributed by atoms with E-state index >= 15 is 0 Å². The molecule has 21 heavy (non-hydrogen) atoms. The lowest BCUT2D eigenvalue weighted by Crippen LogP contribution is -2.00. The average Bonchev–Trinajstić information content (AvgIpc) is 2.80. The number of nitrogens with two attached hydrogens (primary N) is 1. The fourth-order valence-electron chi connectivity index (χ4n) is 2.12. The third kappa shape index (κ3) is 2.90. The predicted molar refractivity (Wildman–Crippen MR) is 87.5 cm³/mol. The molecule has 6 heteroatoms. The van der Waals surface area contributed by atoms with Crippen LogP contribution in [0.1, 0.15) is 11.8 Å². The van der Waals surface area contributed by atoms with E-state index in [2.05, 4.69) is 21.4 Å². The molecule has 0 bridgehead atoms. The lowest BCUT2D eigenvalue weighted by Gasteiger charge is -2.09. The zero-order chi connectivity index (χ0) is 14.8. The number of nitrogens with zero attached hydrogens (tertiary/aromatic N) is 2. The standard InChI is InChI=1S/C15H16N4OS/c1-3-20-11-6-4-5-10(8-11)17-13-12-7-9(2)21-14(12)19-15(16)18-13/h4-8H,3H2,1-2H3,(H3,16,17,18,19). The van der Waals surface area contributed by atoms with Gasteiger partial charge < -0.3 is 15.8 Å². The van der Waals surface area contributed by atoms with Crippen molar-refractivity contribution in [2.75, 3.05) is 17.7 Å². The highest BCUT2D eigenvalue weighted by molar-refractivity contribution is 7.18. The number of fused-ring (bicyclic) bond motifs is 1. The van der Waals surface area contributed by atoms with E-state index in [-0.39, 0.29) is 5.95 Å². The molecule has 0 fully saturated rings. The quantitative estimate of drug-likeness (QED) is 0.768. The average molecular weight is 300 g/mol. The normalized spacial score (nSPS) is 10.8. The molecule has 0 aliphatic carbocycles. The molecule has 0 radical (unpaired) electrons. The van der Waals surface area contributed by atoms with Crippen LogP contribution < -0.4 is 15.8 Å². The maximum atomic E-state index is 5.78. The molecule has 2 heterocycles. The smallest absolute Gasteiger partial charge is 0.223 e. The number of rotatable bonds is 4. The zero-order valence-corrected chi connectivity index (χ0v) is 12.7. The highest BCUT2D eigenvalue weighted by atomic mass is 32.1. The fourth-order valence-corrected chi connectivity index (χ4v) is 3.01. The monoisotopic (exact) mass is 300 g/mol. The lowest BCUT2D eigenvalue weighted by atomic mass is 10.3. The molecule has 0 aliphatic heterocycles. The van der Waals surface area contributed by atoms with Crippen molar-refractivity contribution >= 4 is 39.0 Å². The van der Waals surface area contributed by atoms with Crippen molar-refractivity contribution in [3.8, 4) is 5.75 Å². The van der Waals surface area contributed by atoms with Gasteiger partial charge in [0.2, 0.25) is 5.95 Å². The van der Waals surface area contributed by atoms with E-state index < -0.39 is 0 Å². The summed E-state index contributed by atoms with van der Waals surface area (Å²) in [6, 6.07) is 9.83. The molecule has 0 atom stereocenters. The van der Waals surface area contributed by atoms with Crippen molar-refractivity contribution in [2.24, 2.45) is 0 Å². The summed E-state index contributed by atoms with van der Waals surface area (Å²) < 4.78 is 5.50. The van der Waals surface area contributed by atoms with Crippen LogP contribution in [0.15, 0.2) is 30.3 Å². The number of anilines is 3. The molecule has 5 nitrogen and oxygen atoms in total. The topological polar surface area (TPSA) is 73.1 Å². The molecule has 0 saturated heterocycles. The van der Waals surface area contributed by atoms with E-state index in [0.717, 1.165) is 27.5 Å². The summed E-state index contributed by atoms with van der Waals surface area (Å²) in [6.07, 6.45) is 0. The van der Waals surface area contributed by atoms with Gasteiger partial charge in [-0.25, -0.2) is 4.98 Å². The van der Waals surface area contributed by atoms with Crippen LogP contribution in [-0.2, 0) is 0 Å². The Morgan fingerprint density at radius 1 is 1.29 bits per heavy atom. The van der Waals surface area contributed by atoms with Gasteiger partial charge in [0, 0.05) is 16.6 Å². The largest absolute Gasteiger partial charge is 0.494 e. The second kappa shape index (κ2) is 5.57. The van der Waals surface area contributed by atoms with Crippen LogP contribution in [0.25, 0.3) is 10.2 Å². The first-order valence-corrected chi connectivity index (χ1v) is 7.51. The number of nitrogen functional groups attached to an aromatic ring is 1. The van der Waals surface area contributed by atoms with Gasteiger partial charge in [-0.15, -0.1) is 11.3 Å². The van der Waals surface area contributed by atoms with Crippen molar-refractivity contribution in [2.45, 2.75) is 13.8 Å². The summed E-state index contributed by atoms with van der Waals surface area (Å²) in [5.41, 5.74) is 6.69. The number of aromatic nitrogens is 2. The van der Waals surface area contributed by atoms with Gasteiger partial charge in [-0.1, -0.05) is 6.07 Å². The van der Waals surface area contributed by atoms with E-state index in [1.807, 2.05) is 38.1 Å². The van der Waals surface area contributed by atoms with Crippen LogP contribution in [-0.4, -0.2) is 16.6 Å². The summed E-state index contributed by atoms with van der Waals surface area (Å²) in [5.74, 6) is 1.81. The number of nitrogens with one attached hydrogen (secondary N) is 1. The second-order valence-electron chi connectivity index (χ2n) is 4.59. The van der Waals surface area contributed by atoms with Crippen LogP contribution in [0, 0.1) is 6.92 Å². The molecule has 0 saturated carbocycles. The van der Waals surface area contributed by atoms with Crippen LogP contribution in [0.3, 0.4) is 0 Å². The van der Waals surface area contributed by atoms with Crippen LogP contribution in [0.2, 0.25) is 0 Å². The molecular weight excluding hydrogens is 284 g/mol. The molecular formula is C15H16N4OS. The molecule has 3 aromatic rings. The van der Waals surface area contributed by atoms with Crippen LogP contribution in [0.4, 0.5) is 17.5 Å². The Morgan fingerprint density at radius 3 is 2.95 bits per heavy atom. The molecule has 2 aromatic heterocycles.